The molecular weight excluding hydrogens is 182 g/mol. The number of aliphatic hydroxyl groups excluding tert-OH is 1. The summed E-state index contributed by atoms with van der Waals surface area (Å²) in [5, 5.41) is 13.5. The third kappa shape index (κ3) is 1.77. The Balaban J connectivity index is 2.14. The van der Waals surface area contributed by atoms with Gasteiger partial charge in [-0.3, -0.25) is 0 Å². The maximum atomic E-state index is 9.23. The molecule has 2 atom stereocenters. The van der Waals surface area contributed by atoms with E-state index in [9.17, 15) is 5.11 Å². The largest absolute Gasteiger partial charge is 0.396 e. The van der Waals surface area contributed by atoms with Crippen LogP contribution in [0.2, 0.25) is 0 Å². The van der Waals surface area contributed by atoms with E-state index in [-0.39, 0.29) is 0 Å². The van der Waals surface area contributed by atoms with Gasteiger partial charge in [0.05, 0.1) is 0 Å². The highest BCUT2D eigenvalue weighted by Gasteiger charge is 2.31. The highest BCUT2D eigenvalue weighted by Crippen LogP contribution is 2.32. The Morgan fingerprint density at radius 2 is 2.46 bits per heavy atom. The fourth-order valence-corrected chi connectivity index (χ4v) is 2.86. The van der Waals surface area contributed by atoms with Gasteiger partial charge >= 0.3 is 0 Å². The number of hydrogen-bond donors (Lipinski definition) is 1. The van der Waals surface area contributed by atoms with Gasteiger partial charge in [-0.05, 0) is 29.4 Å². The Kier molecular flexibility index (Phi) is 2.67. The van der Waals surface area contributed by atoms with E-state index in [0.717, 1.165) is 13.1 Å². The molecule has 72 valence electrons. The predicted molar refractivity (Wildman–Crippen MR) is 55.1 cm³/mol. The molecule has 2 unspecified atom stereocenters. The average molecular weight is 197 g/mol. The lowest BCUT2D eigenvalue weighted by Crippen LogP contribution is -2.15. The van der Waals surface area contributed by atoms with Crippen molar-refractivity contribution in [3.8, 4) is 0 Å². The molecule has 2 rings (SSSR count). The first-order chi connectivity index (χ1) is 6.31. The minimum absolute atomic E-state index is 0.310. The maximum Gasteiger partial charge on any atom is 0.0477 e. The number of aliphatic hydroxyl groups is 1. The van der Waals surface area contributed by atoms with E-state index in [4.69, 9.17) is 0 Å². The second-order valence-electron chi connectivity index (χ2n) is 3.83. The molecule has 0 radical (unpaired) electrons. The summed E-state index contributed by atoms with van der Waals surface area (Å²) in [7, 11) is 2.12. The fourth-order valence-electron chi connectivity index (χ4n) is 2.14. The van der Waals surface area contributed by atoms with Crippen molar-refractivity contribution in [3.05, 3.63) is 22.4 Å². The zero-order valence-electron chi connectivity index (χ0n) is 7.81. The van der Waals surface area contributed by atoms with Crippen LogP contribution in [0, 0.1) is 5.92 Å². The van der Waals surface area contributed by atoms with E-state index in [1.165, 1.54) is 5.56 Å². The van der Waals surface area contributed by atoms with Crippen LogP contribution in [0.5, 0.6) is 0 Å². The Hall–Kier alpha value is -0.380. The molecule has 1 aromatic rings. The lowest BCUT2D eigenvalue weighted by molar-refractivity contribution is 0.219. The van der Waals surface area contributed by atoms with Gasteiger partial charge in [0.1, 0.15) is 0 Å². The molecule has 1 fully saturated rings. The number of likely N-dealkylation sites (N-methyl/N-ethyl adjacent to an activating group) is 1. The van der Waals surface area contributed by atoms with E-state index in [1.807, 2.05) is 0 Å². The van der Waals surface area contributed by atoms with Crippen LogP contribution in [0.3, 0.4) is 0 Å². The summed E-state index contributed by atoms with van der Waals surface area (Å²) in [5.74, 6) is 0.973. The highest BCUT2D eigenvalue weighted by atomic mass is 32.1. The van der Waals surface area contributed by atoms with Crippen LogP contribution in [0.4, 0.5) is 0 Å². The molecule has 0 spiro atoms. The molecule has 1 aliphatic heterocycles. The van der Waals surface area contributed by atoms with Crippen LogP contribution in [-0.4, -0.2) is 36.8 Å². The minimum Gasteiger partial charge on any atom is -0.396 e. The van der Waals surface area contributed by atoms with Gasteiger partial charge in [-0.1, -0.05) is 0 Å². The summed E-state index contributed by atoms with van der Waals surface area (Å²) in [4.78, 5) is 2.29. The number of hydrogen-bond acceptors (Lipinski definition) is 3. The molecule has 1 saturated heterocycles. The van der Waals surface area contributed by atoms with Crippen LogP contribution < -0.4 is 0 Å². The van der Waals surface area contributed by atoms with Gasteiger partial charge in [-0.15, -0.1) is 0 Å². The molecule has 3 heteroatoms. The zero-order chi connectivity index (χ0) is 9.26. The van der Waals surface area contributed by atoms with Crippen molar-refractivity contribution in [2.75, 3.05) is 26.7 Å². The van der Waals surface area contributed by atoms with Crippen LogP contribution in [0.15, 0.2) is 16.8 Å². The molecule has 13 heavy (non-hydrogen) atoms. The average Bonchev–Trinajstić information content (AvgIpc) is 2.71. The Bertz CT molecular complexity index is 260. The highest BCUT2D eigenvalue weighted by molar-refractivity contribution is 7.07. The Morgan fingerprint density at radius 3 is 3.08 bits per heavy atom. The molecule has 1 N–H and O–H groups in total. The van der Waals surface area contributed by atoms with Crippen molar-refractivity contribution >= 4 is 11.3 Å². The Morgan fingerprint density at radius 1 is 1.62 bits per heavy atom. The SMILES string of the molecule is CN1CC(CO)C(c2ccsc2)C1. The third-order valence-corrected chi connectivity index (χ3v) is 3.53. The molecule has 0 amide bonds. The van der Waals surface area contributed by atoms with Crippen molar-refractivity contribution < 1.29 is 5.11 Å². The normalized spacial score (nSPS) is 29.7. The van der Waals surface area contributed by atoms with Gasteiger partial charge in [-0.2, -0.15) is 11.3 Å². The Labute approximate surface area is 82.8 Å². The summed E-state index contributed by atoms with van der Waals surface area (Å²) in [6.07, 6.45) is 0. The monoisotopic (exact) mass is 197 g/mol. The molecule has 0 bridgehead atoms. The standard InChI is InChI=1S/C10H15NOS/c1-11-4-9(6-12)10(5-11)8-2-3-13-7-8/h2-3,7,9-10,12H,4-6H2,1H3. The molecule has 2 heterocycles. The van der Waals surface area contributed by atoms with E-state index >= 15 is 0 Å². The molecule has 2 nitrogen and oxygen atoms in total. The zero-order valence-corrected chi connectivity index (χ0v) is 8.63. The summed E-state index contributed by atoms with van der Waals surface area (Å²) in [6.45, 7) is 2.42. The first kappa shape index (κ1) is 9.19. The second kappa shape index (κ2) is 3.78. The fraction of sp³-hybridized carbons (Fsp3) is 0.600. The van der Waals surface area contributed by atoms with E-state index in [1.54, 1.807) is 11.3 Å². The second-order valence-corrected chi connectivity index (χ2v) is 4.61. The summed E-state index contributed by atoms with van der Waals surface area (Å²) in [6, 6.07) is 2.18. The van der Waals surface area contributed by atoms with Crippen LogP contribution in [-0.2, 0) is 0 Å². The van der Waals surface area contributed by atoms with Crippen molar-refractivity contribution in [1.82, 2.24) is 4.90 Å². The van der Waals surface area contributed by atoms with E-state index in [0.29, 0.717) is 18.4 Å². The van der Waals surface area contributed by atoms with Crippen molar-refractivity contribution in [1.29, 1.82) is 0 Å². The van der Waals surface area contributed by atoms with Gasteiger partial charge in [-0.25, -0.2) is 0 Å². The van der Waals surface area contributed by atoms with E-state index in [2.05, 4.69) is 28.8 Å². The summed E-state index contributed by atoms with van der Waals surface area (Å²) < 4.78 is 0. The number of thiophene rings is 1. The van der Waals surface area contributed by atoms with Crippen LogP contribution in [0.1, 0.15) is 11.5 Å². The third-order valence-electron chi connectivity index (χ3n) is 2.83. The number of likely N-dealkylation sites (tertiary alicyclic amines) is 1. The molecule has 1 aliphatic rings. The summed E-state index contributed by atoms with van der Waals surface area (Å²) >= 11 is 1.74. The number of rotatable bonds is 2. The lowest BCUT2D eigenvalue weighted by Gasteiger charge is -2.13. The van der Waals surface area contributed by atoms with Gasteiger partial charge in [0.2, 0.25) is 0 Å². The van der Waals surface area contributed by atoms with Gasteiger partial charge in [0, 0.05) is 31.5 Å². The topological polar surface area (TPSA) is 23.5 Å². The first-order valence-corrected chi connectivity index (χ1v) is 5.57. The van der Waals surface area contributed by atoms with Crippen LogP contribution in [0.25, 0.3) is 0 Å². The number of nitrogens with zero attached hydrogens (tertiary/aromatic N) is 1. The van der Waals surface area contributed by atoms with Crippen molar-refractivity contribution in [2.24, 2.45) is 5.92 Å². The maximum absolute atomic E-state index is 9.23. The van der Waals surface area contributed by atoms with Crippen molar-refractivity contribution in [2.45, 2.75) is 5.92 Å². The van der Waals surface area contributed by atoms with Gasteiger partial charge in [0.25, 0.3) is 0 Å². The molecule has 0 saturated carbocycles. The molecule has 0 aromatic carbocycles. The predicted octanol–water partition coefficient (Wildman–Crippen LogP) is 1.39. The molecular formula is C10H15NOS. The van der Waals surface area contributed by atoms with Crippen molar-refractivity contribution in [3.63, 3.8) is 0 Å². The summed E-state index contributed by atoms with van der Waals surface area (Å²) in [5.41, 5.74) is 1.40. The quantitative estimate of drug-likeness (QED) is 0.774. The first-order valence-electron chi connectivity index (χ1n) is 4.62. The van der Waals surface area contributed by atoms with Gasteiger partial charge in [0.15, 0.2) is 0 Å². The smallest absolute Gasteiger partial charge is 0.0477 e. The minimum atomic E-state index is 0.310. The lowest BCUT2D eigenvalue weighted by atomic mass is 9.92. The van der Waals surface area contributed by atoms with E-state index < -0.39 is 0 Å². The molecule has 1 aromatic heterocycles. The van der Waals surface area contributed by atoms with Crippen LogP contribution >= 0.6 is 11.3 Å². The molecule has 0 aliphatic carbocycles. The van der Waals surface area contributed by atoms with Gasteiger partial charge < -0.3 is 10.0 Å².